The molecule has 2 aromatic rings. The van der Waals surface area contributed by atoms with E-state index in [1.54, 1.807) is 11.7 Å². The van der Waals surface area contributed by atoms with Crippen LogP contribution in [0.25, 0.3) is 0 Å². The van der Waals surface area contributed by atoms with Crippen LogP contribution in [0.5, 0.6) is 5.75 Å². The number of rotatable bonds is 4. The zero-order valence-electron chi connectivity index (χ0n) is 12.7. The highest BCUT2D eigenvalue weighted by Gasteiger charge is 2.20. The number of carbonyl (C=O) groups excluding carboxylic acids is 1. The van der Waals surface area contributed by atoms with Crippen molar-refractivity contribution in [3.63, 3.8) is 0 Å². The van der Waals surface area contributed by atoms with E-state index < -0.39 is 11.6 Å². The number of carbonyl (C=O) groups is 1. The summed E-state index contributed by atoms with van der Waals surface area (Å²) in [4.78, 5) is 12.0. The maximum atomic E-state index is 13.1. The summed E-state index contributed by atoms with van der Waals surface area (Å²) in [7, 11) is 1.78. The van der Waals surface area contributed by atoms with E-state index in [4.69, 9.17) is 4.74 Å². The number of nitrogens with zero attached hydrogens (tertiary/aromatic N) is 2. The number of aromatic nitrogens is 2. The van der Waals surface area contributed by atoms with E-state index in [2.05, 4.69) is 10.4 Å². The molecule has 0 atom stereocenters. The molecule has 1 heterocycles. The van der Waals surface area contributed by atoms with Crippen molar-refractivity contribution >= 4 is 11.7 Å². The largest absolute Gasteiger partial charge is 0.484 e. The Kier molecular flexibility index (Phi) is 4.27. The summed E-state index contributed by atoms with van der Waals surface area (Å²) in [6.07, 6.45) is 4.00. The molecule has 0 spiro atoms. The van der Waals surface area contributed by atoms with Crippen LogP contribution in [-0.4, -0.2) is 22.3 Å². The third-order valence-corrected chi connectivity index (χ3v) is 3.84. The summed E-state index contributed by atoms with van der Waals surface area (Å²) >= 11 is 0. The van der Waals surface area contributed by atoms with Crippen LogP contribution < -0.4 is 10.1 Å². The van der Waals surface area contributed by atoms with Crippen molar-refractivity contribution in [1.29, 1.82) is 0 Å². The highest BCUT2D eigenvalue weighted by molar-refractivity contribution is 5.92. The van der Waals surface area contributed by atoms with E-state index in [1.165, 1.54) is 6.07 Å². The molecule has 0 radical (unpaired) electrons. The quantitative estimate of drug-likeness (QED) is 0.942. The number of benzene rings is 1. The fraction of sp³-hybridized carbons (Fsp3) is 0.375. The van der Waals surface area contributed by atoms with Crippen LogP contribution in [0.2, 0.25) is 0 Å². The van der Waals surface area contributed by atoms with Crippen LogP contribution in [0.3, 0.4) is 0 Å². The lowest BCUT2D eigenvalue weighted by molar-refractivity contribution is -0.118. The Labute approximate surface area is 132 Å². The standard InChI is InChI=1S/C16H17F2N3O2/c1-21-16(11-4-2-3-5-14(11)20-21)19-15(22)9-23-10-6-7-12(17)13(18)8-10/h6-8H,2-5,9H2,1H3,(H,19,22). The Morgan fingerprint density at radius 3 is 2.87 bits per heavy atom. The maximum Gasteiger partial charge on any atom is 0.263 e. The second-order valence-electron chi connectivity index (χ2n) is 5.52. The first kappa shape index (κ1) is 15.5. The first-order valence-corrected chi connectivity index (χ1v) is 7.47. The normalized spacial score (nSPS) is 13.5. The van der Waals surface area contributed by atoms with Gasteiger partial charge in [-0.1, -0.05) is 0 Å². The van der Waals surface area contributed by atoms with Crippen molar-refractivity contribution < 1.29 is 18.3 Å². The molecule has 0 saturated heterocycles. The molecule has 1 aliphatic rings. The molecule has 1 amide bonds. The second-order valence-corrected chi connectivity index (χ2v) is 5.52. The van der Waals surface area contributed by atoms with Crippen LogP contribution in [0.4, 0.5) is 14.6 Å². The molecular weight excluding hydrogens is 304 g/mol. The van der Waals surface area contributed by atoms with Crippen molar-refractivity contribution in [3.05, 3.63) is 41.1 Å². The molecule has 1 aromatic heterocycles. The Balaban J connectivity index is 1.63. The van der Waals surface area contributed by atoms with Crippen LogP contribution in [0, 0.1) is 11.6 Å². The molecule has 0 unspecified atom stereocenters. The average Bonchev–Trinajstić information content (AvgIpc) is 2.84. The van der Waals surface area contributed by atoms with Crippen molar-refractivity contribution in [2.45, 2.75) is 25.7 Å². The number of anilines is 1. The van der Waals surface area contributed by atoms with Gasteiger partial charge in [-0.05, 0) is 37.8 Å². The van der Waals surface area contributed by atoms with E-state index in [9.17, 15) is 13.6 Å². The molecule has 0 bridgehead atoms. The summed E-state index contributed by atoms with van der Waals surface area (Å²) in [5.41, 5.74) is 2.09. The molecule has 122 valence electrons. The van der Waals surface area contributed by atoms with Gasteiger partial charge in [-0.15, -0.1) is 0 Å². The molecule has 23 heavy (non-hydrogen) atoms. The van der Waals surface area contributed by atoms with Gasteiger partial charge in [0, 0.05) is 18.7 Å². The fourth-order valence-corrected chi connectivity index (χ4v) is 2.72. The first-order valence-electron chi connectivity index (χ1n) is 7.47. The van der Waals surface area contributed by atoms with Gasteiger partial charge in [0.1, 0.15) is 11.6 Å². The molecule has 5 nitrogen and oxygen atoms in total. The number of hydrogen-bond donors (Lipinski definition) is 1. The molecule has 0 aliphatic heterocycles. The SMILES string of the molecule is Cn1nc2c(c1NC(=O)COc1ccc(F)c(F)c1)CCCC2. The molecule has 1 N–H and O–H groups in total. The van der Waals surface area contributed by atoms with E-state index in [0.717, 1.165) is 49.1 Å². The minimum atomic E-state index is -1.01. The predicted octanol–water partition coefficient (Wildman–Crippen LogP) is 2.59. The van der Waals surface area contributed by atoms with Gasteiger partial charge in [0.2, 0.25) is 0 Å². The zero-order valence-corrected chi connectivity index (χ0v) is 12.7. The molecule has 0 saturated carbocycles. The van der Waals surface area contributed by atoms with Crippen LogP contribution in [0.15, 0.2) is 18.2 Å². The van der Waals surface area contributed by atoms with Gasteiger partial charge in [-0.25, -0.2) is 8.78 Å². The summed E-state index contributed by atoms with van der Waals surface area (Å²) in [6.45, 7) is -0.287. The fourth-order valence-electron chi connectivity index (χ4n) is 2.72. The lowest BCUT2D eigenvalue weighted by Gasteiger charge is -2.12. The minimum Gasteiger partial charge on any atom is -0.484 e. The van der Waals surface area contributed by atoms with Gasteiger partial charge in [0.25, 0.3) is 5.91 Å². The monoisotopic (exact) mass is 321 g/mol. The van der Waals surface area contributed by atoms with Gasteiger partial charge in [-0.3, -0.25) is 9.48 Å². The number of hydrogen-bond acceptors (Lipinski definition) is 3. The zero-order chi connectivity index (χ0) is 16.4. The second kappa shape index (κ2) is 6.36. The number of nitrogens with one attached hydrogen (secondary N) is 1. The van der Waals surface area contributed by atoms with Crippen molar-refractivity contribution in [2.24, 2.45) is 7.05 Å². The molecule has 0 fully saturated rings. The van der Waals surface area contributed by atoms with Gasteiger partial charge in [-0.2, -0.15) is 5.10 Å². The van der Waals surface area contributed by atoms with Crippen molar-refractivity contribution in [1.82, 2.24) is 9.78 Å². The van der Waals surface area contributed by atoms with E-state index >= 15 is 0 Å². The number of halogens is 2. The smallest absolute Gasteiger partial charge is 0.263 e. The Morgan fingerprint density at radius 1 is 1.30 bits per heavy atom. The first-order chi connectivity index (χ1) is 11.0. The van der Waals surface area contributed by atoms with Gasteiger partial charge >= 0.3 is 0 Å². The average molecular weight is 321 g/mol. The number of ether oxygens (including phenoxy) is 1. The van der Waals surface area contributed by atoms with E-state index in [-0.39, 0.29) is 18.3 Å². The van der Waals surface area contributed by atoms with Gasteiger partial charge in [0.15, 0.2) is 18.2 Å². The molecule has 3 rings (SSSR count). The highest BCUT2D eigenvalue weighted by Crippen LogP contribution is 2.27. The van der Waals surface area contributed by atoms with Gasteiger partial charge < -0.3 is 10.1 Å². The van der Waals surface area contributed by atoms with E-state index in [1.807, 2.05) is 0 Å². The topological polar surface area (TPSA) is 56.2 Å². The summed E-state index contributed by atoms with van der Waals surface area (Å²) in [5.74, 6) is -1.55. The van der Waals surface area contributed by atoms with Crippen LogP contribution in [-0.2, 0) is 24.7 Å². The predicted molar refractivity (Wildman–Crippen MR) is 80.3 cm³/mol. The van der Waals surface area contributed by atoms with Crippen molar-refractivity contribution in [3.8, 4) is 5.75 Å². The lowest BCUT2D eigenvalue weighted by Crippen LogP contribution is -2.22. The Hall–Kier alpha value is -2.44. The van der Waals surface area contributed by atoms with Crippen molar-refractivity contribution in [2.75, 3.05) is 11.9 Å². The summed E-state index contributed by atoms with van der Waals surface area (Å²) in [5, 5.41) is 7.20. The number of amides is 1. The lowest BCUT2D eigenvalue weighted by atomic mass is 9.97. The maximum absolute atomic E-state index is 13.1. The Bertz CT molecular complexity index is 743. The molecule has 1 aliphatic carbocycles. The van der Waals surface area contributed by atoms with Crippen LogP contribution >= 0.6 is 0 Å². The molecule has 1 aromatic carbocycles. The third-order valence-electron chi connectivity index (χ3n) is 3.84. The number of aryl methyl sites for hydroxylation is 2. The van der Waals surface area contributed by atoms with Gasteiger partial charge in [0.05, 0.1) is 5.69 Å². The van der Waals surface area contributed by atoms with Crippen LogP contribution in [0.1, 0.15) is 24.1 Å². The highest BCUT2D eigenvalue weighted by atomic mass is 19.2. The number of fused-ring (bicyclic) bond motifs is 1. The Morgan fingerprint density at radius 2 is 2.09 bits per heavy atom. The summed E-state index contributed by atoms with van der Waals surface area (Å²) in [6, 6.07) is 3.15. The van der Waals surface area contributed by atoms with E-state index in [0.29, 0.717) is 5.82 Å². The molecular formula is C16H17F2N3O2. The summed E-state index contributed by atoms with van der Waals surface area (Å²) < 4.78 is 32.8. The minimum absolute atomic E-state index is 0.103. The molecule has 7 heteroatoms. The third kappa shape index (κ3) is 3.33.